The average molecular weight is 567 g/mol. The van der Waals surface area contributed by atoms with E-state index in [1.807, 2.05) is 79.1 Å². The Bertz CT molecular complexity index is 2310. The summed E-state index contributed by atoms with van der Waals surface area (Å²) in [6, 6.07) is 36.6. The maximum atomic E-state index is 6.54. The van der Waals surface area contributed by atoms with Crippen LogP contribution in [-0.4, -0.2) is 19.9 Å². The van der Waals surface area contributed by atoms with E-state index in [1.165, 1.54) is 0 Å². The van der Waals surface area contributed by atoms with Gasteiger partial charge in [0.05, 0.1) is 5.56 Å². The molecular formula is C38H22N4O2. The zero-order chi connectivity index (χ0) is 29.0. The van der Waals surface area contributed by atoms with Gasteiger partial charge in [0.1, 0.15) is 22.2 Å². The van der Waals surface area contributed by atoms with Crippen LogP contribution in [0.4, 0.5) is 0 Å². The number of aromatic nitrogens is 4. The van der Waals surface area contributed by atoms with Crippen molar-refractivity contribution in [3.8, 4) is 44.8 Å². The van der Waals surface area contributed by atoms with Gasteiger partial charge in [0, 0.05) is 57.8 Å². The van der Waals surface area contributed by atoms with Crippen LogP contribution >= 0.6 is 0 Å². The molecule has 0 saturated carbocycles. The lowest BCUT2D eigenvalue weighted by Crippen LogP contribution is -1.91. The Balaban J connectivity index is 1.16. The number of pyridine rings is 2. The minimum Gasteiger partial charge on any atom is -0.453 e. The minimum atomic E-state index is 0.558. The van der Waals surface area contributed by atoms with Gasteiger partial charge in [0.25, 0.3) is 0 Å². The van der Waals surface area contributed by atoms with Crippen molar-refractivity contribution in [3.05, 3.63) is 134 Å². The van der Waals surface area contributed by atoms with E-state index >= 15 is 0 Å². The molecule has 5 heterocycles. The van der Waals surface area contributed by atoms with Gasteiger partial charge in [-0.2, -0.15) is 0 Å². The number of hydrogen-bond donors (Lipinski definition) is 0. The molecule has 0 amide bonds. The predicted molar refractivity (Wildman–Crippen MR) is 174 cm³/mol. The van der Waals surface area contributed by atoms with Gasteiger partial charge in [-0.3, -0.25) is 9.97 Å². The first-order valence-corrected chi connectivity index (χ1v) is 14.4. The van der Waals surface area contributed by atoms with Crippen LogP contribution in [0.1, 0.15) is 0 Å². The lowest BCUT2D eigenvalue weighted by atomic mass is 10.0. The summed E-state index contributed by atoms with van der Waals surface area (Å²) in [6.07, 6.45) is 7.24. The number of fused-ring (bicyclic) bond motifs is 6. The van der Waals surface area contributed by atoms with E-state index in [9.17, 15) is 0 Å². The molecule has 0 bridgehead atoms. The highest BCUT2D eigenvalue weighted by atomic mass is 16.3. The van der Waals surface area contributed by atoms with Crippen molar-refractivity contribution in [2.75, 3.05) is 0 Å². The van der Waals surface area contributed by atoms with Gasteiger partial charge in [-0.05, 0) is 35.4 Å². The third-order valence-corrected chi connectivity index (χ3v) is 8.13. The third kappa shape index (κ3) is 3.75. The van der Waals surface area contributed by atoms with Crippen LogP contribution in [0.3, 0.4) is 0 Å². The number of hydrogen-bond acceptors (Lipinski definition) is 6. The molecule has 44 heavy (non-hydrogen) atoms. The lowest BCUT2D eigenvalue weighted by Gasteiger charge is -2.04. The van der Waals surface area contributed by atoms with Gasteiger partial charge in [0.15, 0.2) is 17.0 Å². The fourth-order valence-electron chi connectivity index (χ4n) is 6.06. The molecule has 5 aromatic heterocycles. The van der Waals surface area contributed by atoms with Gasteiger partial charge in [0.2, 0.25) is 0 Å². The fourth-order valence-corrected chi connectivity index (χ4v) is 6.06. The molecule has 4 aromatic carbocycles. The third-order valence-electron chi connectivity index (χ3n) is 8.13. The Hall–Kier alpha value is -6.14. The molecule has 0 atom stereocenters. The van der Waals surface area contributed by atoms with E-state index in [0.717, 1.165) is 71.9 Å². The molecule has 0 N–H and O–H groups in total. The van der Waals surface area contributed by atoms with Gasteiger partial charge >= 0.3 is 0 Å². The number of benzene rings is 4. The van der Waals surface area contributed by atoms with Crippen LogP contribution in [0.2, 0.25) is 0 Å². The summed E-state index contributed by atoms with van der Waals surface area (Å²) in [4.78, 5) is 18.9. The molecule has 0 radical (unpaired) electrons. The molecule has 0 spiro atoms. The Labute approximate surface area is 251 Å². The summed E-state index contributed by atoms with van der Waals surface area (Å²) in [6.45, 7) is 0. The van der Waals surface area contributed by atoms with Crippen molar-refractivity contribution in [1.82, 2.24) is 19.9 Å². The largest absolute Gasteiger partial charge is 0.453 e. The Morgan fingerprint density at radius 2 is 0.841 bits per heavy atom. The van der Waals surface area contributed by atoms with Gasteiger partial charge in [-0.1, -0.05) is 84.9 Å². The number of rotatable bonds is 4. The molecule has 9 aromatic rings. The van der Waals surface area contributed by atoms with Crippen LogP contribution in [0.5, 0.6) is 0 Å². The van der Waals surface area contributed by atoms with Crippen LogP contribution < -0.4 is 0 Å². The fraction of sp³-hybridized carbons (Fsp3) is 0. The van der Waals surface area contributed by atoms with Crippen molar-refractivity contribution >= 4 is 44.1 Å². The highest BCUT2D eigenvalue weighted by Crippen LogP contribution is 2.40. The first-order chi connectivity index (χ1) is 21.8. The summed E-state index contributed by atoms with van der Waals surface area (Å²) >= 11 is 0. The predicted octanol–water partition coefficient (Wildman–Crippen LogP) is 9.73. The first-order valence-electron chi connectivity index (χ1n) is 14.4. The van der Waals surface area contributed by atoms with Crippen molar-refractivity contribution < 1.29 is 8.83 Å². The number of furan rings is 2. The average Bonchev–Trinajstić information content (AvgIpc) is 3.68. The zero-order valence-corrected chi connectivity index (χ0v) is 23.3. The van der Waals surface area contributed by atoms with E-state index in [-0.39, 0.29) is 0 Å². The quantitative estimate of drug-likeness (QED) is 0.211. The summed E-state index contributed by atoms with van der Waals surface area (Å²) in [5.41, 5.74) is 11.3. The molecule has 0 fully saturated rings. The highest BCUT2D eigenvalue weighted by Gasteiger charge is 2.19. The standard InChI is InChI=1S/C38H22N4O2/c1-3-9-23(10-4-1)26-13-7-15-29-32-36(43-34(26)29)28(17-19-39-32)25-21-41-38(42-22-25)31-18-20-40-33-30-16-8-14-27(35(30)44-37(31)33)24-11-5-2-6-12-24/h1-22H. The molecule has 0 unspecified atom stereocenters. The smallest absolute Gasteiger partial charge is 0.164 e. The van der Waals surface area contributed by atoms with E-state index in [0.29, 0.717) is 17.0 Å². The second kappa shape index (κ2) is 9.71. The summed E-state index contributed by atoms with van der Waals surface area (Å²) in [7, 11) is 0. The molecule has 0 aliphatic carbocycles. The summed E-state index contributed by atoms with van der Waals surface area (Å²) in [5, 5.41) is 1.93. The van der Waals surface area contributed by atoms with Crippen molar-refractivity contribution in [1.29, 1.82) is 0 Å². The topological polar surface area (TPSA) is 77.8 Å². The second-order valence-electron chi connectivity index (χ2n) is 10.7. The van der Waals surface area contributed by atoms with Crippen molar-refractivity contribution in [2.24, 2.45) is 0 Å². The van der Waals surface area contributed by atoms with E-state index in [2.05, 4.69) is 52.4 Å². The number of para-hydroxylation sites is 2. The van der Waals surface area contributed by atoms with Gasteiger partial charge < -0.3 is 8.83 Å². The maximum absolute atomic E-state index is 6.54. The Morgan fingerprint density at radius 1 is 0.364 bits per heavy atom. The lowest BCUT2D eigenvalue weighted by molar-refractivity contribution is 0.669. The molecule has 0 aliphatic heterocycles. The summed E-state index contributed by atoms with van der Waals surface area (Å²) < 4.78 is 13.0. The molecular weight excluding hydrogens is 544 g/mol. The monoisotopic (exact) mass is 566 g/mol. The highest BCUT2D eigenvalue weighted by molar-refractivity contribution is 6.12. The second-order valence-corrected chi connectivity index (χ2v) is 10.7. The van der Waals surface area contributed by atoms with Crippen LogP contribution in [-0.2, 0) is 0 Å². The van der Waals surface area contributed by atoms with Gasteiger partial charge in [-0.25, -0.2) is 9.97 Å². The number of nitrogens with zero attached hydrogens (tertiary/aromatic N) is 4. The molecule has 6 heteroatoms. The van der Waals surface area contributed by atoms with Gasteiger partial charge in [-0.15, -0.1) is 0 Å². The molecule has 6 nitrogen and oxygen atoms in total. The molecule has 9 rings (SSSR count). The zero-order valence-electron chi connectivity index (χ0n) is 23.3. The molecule has 206 valence electrons. The molecule has 0 aliphatic rings. The SMILES string of the molecule is c1ccc(-c2cccc3c2oc2c(-c4cnc(-c5ccnc6c5oc5c(-c7ccccc7)cccc56)nc4)ccnc23)cc1. The maximum Gasteiger partial charge on any atom is 0.164 e. The van der Waals surface area contributed by atoms with E-state index in [1.54, 1.807) is 12.4 Å². The normalized spacial score (nSPS) is 11.6. The summed E-state index contributed by atoms with van der Waals surface area (Å²) in [5.74, 6) is 0.558. The molecule has 0 saturated heterocycles. The van der Waals surface area contributed by atoms with Crippen molar-refractivity contribution in [3.63, 3.8) is 0 Å². The Morgan fingerprint density at radius 3 is 1.39 bits per heavy atom. The van der Waals surface area contributed by atoms with Crippen molar-refractivity contribution in [2.45, 2.75) is 0 Å². The Kier molecular flexibility index (Phi) is 5.40. The minimum absolute atomic E-state index is 0.558. The first kappa shape index (κ1) is 24.5. The van der Waals surface area contributed by atoms with Crippen LogP contribution in [0, 0.1) is 0 Å². The van der Waals surface area contributed by atoms with Crippen LogP contribution in [0.25, 0.3) is 88.9 Å². The van der Waals surface area contributed by atoms with E-state index in [4.69, 9.17) is 18.8 Å². The van der Waals surface area contributed by atoms with Crippen LogP contribution in [0.15, 0.2) is 143 Å². The van der Waals surface area contributed by atoms with E-state index < -0.39 is 0 Å².